The molecule has 1 aliphatic heterocycles. The van der Waals surface area contributed by atoms with E-state index in [0.717, 1.165) is 26.3 Å². The lowest BCUT2D eigenvalue weighted by molar-refractivity contribution is -0.0478. The second-order valence-corrected chi connectivity index (χ2v) is 5.33. The van der Waals surface area contributed by atoms with Gasteiger partial charge in [0.1, 0.15) is 15.4 Å². The van der Waals surface area contributed by atoms with Crippen LogP contribution in [0.3, 0.4) is 0 Å². The van der Waals surface area contributed by atoms with Crippen LogP contribution in [0.5, 0.6) is 0 Å². The Morgan fingerprint density at radius 1 is 1.29 bits per heavy atom. The Morgan fingerprint density at radius 2 is 1.86 bits per heavy atom. The minimum Gasteiger partial charge on any atom is -0.379 e. The smallest absolute Gasteiger partial charge is 0.137 e. The van der Waals surface area contributed by atoms with Crippen LogP contribution in [0.4, 0.5) is 0 Å². The van der Waals surface area contributed by atoms with Crippen LogP contribution in [0.2, 0.25) is 0 Å². The third-order valence-corrected chi connectivity index (χ3v) is 4.53. The molecule has 0 aromatic rings. The van der Waals surface area contributed by atoms with Crippen LogP contribution in [0.25, 0.3) is 0 Å². The van der Waals surface area contributed by atoms with Gasteiger partial charge in [0.15, 0.2) is 0 Å². The summed E-state index contributed by atoms with van der Waals surface area (Å²) in [5.74, 6) is 0.0524. The van der Waals surface area contributed by atoms with E-state index >= 15 is 0 Å². The quantitative estimate of drug-likeness (QED) is 0.442. The zero-order chi connectivity index (χ0) is 10.4. The van der Waals surface area contributed by atoms with Crippen molar-refractivity contribution >= 4 is 9.52 Å². The van der Waals surface area contributed by atoms with Crippen molar-refractivity contribution in [3.63, 3.8) is 0 Å². The van der Waals surface area contributed by atoms with Gasteiger partial charge in [-0.05, 0) is 0 Å². The Hall–Kier alpha value is 0.0169. The van der Waals surface area contributed by atoms with Gasteiger partial charge in [-0.3, -0.25) is 4.90 Å². The van der Waals surface area contributed by atoms with Crippen LogP contribution >= 0.6 is 0 Å². The van der Waals surface area contributed by atoms with Crippen LogP contribution in [-0.4, -0.2) is 66.6 Å². The summed E-state index contributed by atoms with van der Waals surface area (Å²) >= 11 is 0. The van der Waals surface area contributed by atoms with Crippen LogP contribution < -0.4 is 5.73 Å². The van der Waals surface area contributed by atoms with Crippen molar-refractivity contribution in [3.05, 3.63) is 0 Å². The van der Waals surface area contributed by atoms with Crippen molar-refractivity contribution in [2.75, 3.05) is 40.5 Å². The lowest BCUT2D eigenvalue weighted by Gasteiger charge is -2.33. The second kappa shape index (κ2) is 6.49. The number of rotatable bonds is 5. The van der Waals surface area contributed by atoms with Gasteiger partial charge in [-0.1, -0.05) is 0 Å². The summed E-state index contributed by atoms with van der Waals surface area (Å²) in [5.41, 5.74) is 6.07. The standard InChI is InChI=1S/C8H20N2O3Si/c1-11-8(12-2)14-7(9)10-3-5-13-6-4-10/h7-8H,3-6,9,14H2,1-2H3. The highest BCUT2D eigenvalue weighted by molar-refractivity contribution is 6.38. The molecule has 84 valence electrons. The van der Waals surface area contributed by atoms with Gasteiger partial charge in [-0.15, -0.1) is 0 Å². The highest BCUT2D eigenvalue weighted by Crippen LogP contribution is 2.01. The summed E-state index contributed by atoms with van der Waals surface area (Å²) in [4.78, 5) is 2.25. The molecule has 1 heterocycles. The summed E-state index contributed by atoms with van der Waals surface area (Å²) in [6, 6.07) is 0. The summed E-state index contributed by atoms with van der Waals surface area (Å²) < 4.78 is 15.6. The molecule has 0 bridgehead atoms. The fourth-order valence-electron chi connectivity index (χ4n) is 1.54. The van der Waals surface area contributed by atoms with E-state index in [1.165, 1.54) is 0 Å². The summed E-state index contributed by atoms with van der Waals surface area (Å²) in [6.07, 6.45) is 0. The molecule has 0 spiro atoms. The molecule has 1 aliphatic rings. The van der Waals surface area contributed by atoms with Gasteiger partial charge >= 0.3 is 0 Å². The number of hydrogen-bond donors (Lipinski definition) is 1. The Kier molecular flexibility index (Phi) is 5.60. The van der Waals surface area contributed by atoms with Crippen LogP contribution in [0.15, 0.2) is 0 Å². The number of nitrogens with zero attached hydrogens (tertiary/aromatic N) is 1. The van der Waals surface area contributed by atoms with E-state index in [4.69, 9.17) is 19.9 Å². The number of ether oxygens (including phenoxy) is 3. The van der Waals surface area contributed by atoms with E-state index in [9.17, 15) is 0 Å². The Bertz CT molecular complexity index is 152. The van der Waals surface area contributed by atoms with Gasteiger partial charge in [-0.2, -0.15) is 0 Å². The first-order chi connectivity index (χ1) is 6.77. The SMILES string of the molecule is COC(OC)[SiH2]C(N)N1CCOCC1. The van der Waals surface area contributed by atoms with Crippen molar-refractivity contribution in [1.82, 2.24) is 4.90 Å². The molecule has 0 aliphatic carbocycles. The minimum absolute atomic E-state index is 0.0761. The minimum atomic E-state index is -0.592. The van der Waals surface area contributed by atoms with Crippen LogP contribution in [0.1, 0.15) is 0 Å². The molecule has 0 saturated carbocycles. The topological polar surface area (TPSA) is 57.0 Å². The fraction of sp³-hybridized carbons (Fsp3) is 1.00. The molecular formula is C8H20N2O3Si. The molecule has 5 nitrogen and oxygen atoms in total. The molecule has 1 rings (SSSR count). The monoisotopic (exact) mass is 220 g/mol. The van der Waals surface area contributed by atoms with E-state index in [1.807, 2.05) is 0 Å². The Labute approximate surface area is 87.3 Å². The number of nitrogens with two attached hydrogens (primary N) is 1. The number of methoxy groups -OCH3 is 2. The van der Waals surface area contributed by atoms with Crippen molar-refractivity contribution in [1.29, 1.82) is 0 Å². The fourth-order valence-corrected chi connectivity index (χ4v) is 2.99. The van der Waals surface area contributed by atoms with Crippen molar-refractivity contribution in [2.24, 2.45) is 5.73 Å². The van der Waals surface area contributed by atoms with Gasteiger partial charge in [0, 0.05) is 33.1 Å². The van der Waals surface area contributed by atoms with Crippen molar-refractivity contribution < 1.29 is 14.2 Å². The van der Waals surface area contributed by atoms with E-state index in [1.54, 1.807) is 14.2 Å². The van der Waals surface area contributed by atoms with Gasteiger partial charge in [-0.25, -0.2) is 0 Å². The first kappa shape index (κ1) is 12.1. The van der Waals surface area contributed by atoms with Crippen LogP contribution in [0, 0.1) is 0 Å². The van der Waals surface area contributed by atoms with Gasteiger partial charge in [0.25, 0.3) is 0 Å². The summed E-state index contributed by atoms with van der Waals surface area (Å²) in [5, 5.41) is 0. The van der Waals surface area contributed by atoms with E-state index in [-0.39, 0.29) is 11.7 Å². The van der Waals surface area contributed by atoms with E-state index in [0.29, 0.717) is 0 Å². The first-order valence-electron chi connectivity index (χ1n) is 4.91. The molecule has 0 aromatic heterocycles. The second-order valence-electron chi connectivity index (χ2n) is 3.35. The zero-order valence-corrected chi connectivity index (χ0v) is 10.4. The van der Waals surface area contributed by atoms with Crippen molar-refractivity contribution in [2.45, 2.75) is 11.7 Å². The third kappa shape index (κ3) is 3.64. The highest BCUT2D eigenvalue weighted by Gasteiger charge is 2.21. The largest absolute Gasteiger partial charge is 0.379 e. The number of morpholine rings is 1. The Morgan fingerprint density at radius 3 is 2.36 bits per heavy atom. The van der Waals surface area contributed by atoms with E-state index in [2.05, 4.69) is 4.90 Å². The maximum Gasteiger partial charge on any atom is 0.137 e. The van der Waals surface area contributed by atoms with Crippen molar-refractivity contribution in [3.8, 4) is 0 Å². The average Bonchev–Trinajstić information content (AvgIpc) is 2.26. The zero-order valence-electron chi connectivity index (χ0n) is 8.94. The lowest BCUT2D eigenvalue weighted by Crippen LogP contribution is -2.54. The lowest BCUT2D eigenvalue weighted by atomic mass is 10.4. The molecule has 0 aromatic carbocycles. The molecule has 0 radical (unpaired) electrons. The average molecular weight is 220 g/mol. The highest BCUT2D eigenvalue weighted by atomic mass is 28.2. The molecule has 1 unspecified atom stereocenters. The summed E-state index contributed by atoms with van der Waals surface area (Å²) in [7, 11) is 2.73. The molecule has 1 atom stereocenters. The third-order valence-electron chi connectivity index (χ3n) is 2.47. The maximum absolute atomic E-state index is 6.07. The maximum atomic E-state index is 6.07. The first-order valence-corrected chi connectivity index (χ1v) is 6.54. The predicted octanol–water partition coefficient (Wildman–Crippen LogP) is -1.69. The van der Waals surface area contributed by atoms with Crippen LogP contribution in [-0.2, 0) is 14.2 Å². The molecule has 6 heteroatoms. The summed E-state index contributed by atoms with van der Waals surface area (Å²) in [6.45, 7) is 3.42. The van der Waals surface area contributed by atoms with Gasteiger partial charge in [0.2, 0.25) is 0 Å². The molecule has 1 fully saturated rings. The molecule has 2 N–H and O–H groups in total. The molecular weight excluding hydrogens is 200 g/mol. The Balaban J connectivity index is 2.27. The predicted molar refractivity (Wildman–Crippen MR) is 56.7 cm³/mol. The normalized spacial score (nSPS) is 22.3. The molecule has 0 amide bonds. The molecule has 1 saturated heterocycles. The molecule has 14 heavy (non-hydrogen) atoms. The van der Waals surface area contributed by atoms with E-state index < -0.39 is 9.52 Å². The van der Waals surface area contributed by atoms with Gasteiger partial charge < -0.3 is 19.9 Å². The number of hydrogen-bond acceptors (Lipinski definition) is 5. The van der Waals surface area contributed by atoms with Gasteiger partial charge in [0.05, 0.1) is 13.2 Å².